The van der Waals surface area contributed by atoms with Crippen LogP contribution in [0, 0.1) is 11.3 Å². The Balaban J connectivity index is 2.35. The van der Waals surface area contributed by atoms with E-state index in [-0.39, 0.29) is 54.6 Å². The van der Waals surface area contributed by atoms with Gasteiger partial charge in [-0.2, -0.15) is 18.4 Å². The van der Waals surface area contributed by atoms with Crippen molar-refractivity contribution >= 4 is 17.6 Å². The average Bonchev–Trinajstić information content (AvgIpc) is 2.92. The minimum absolute atomic E-state index is 0.00134. The first-order valence-electron chi connectivity index (χ1n) is 12.1. The van der Waals surface area contributed by atoms with Crippen molar-refractivity contribution in [2.24, 2.45) is 5.73 Å². The van der Waals surface area contributed by atoms with Crippen LogP contribution < -0.4 is 10.6 Å². The standard InChI is InChI=1S/C28H28F3N3O5/c1-4-21-23(26(35)39-14-13-37-3)22(18-11-9-17(16-32)10-12-18)24(27(36)38-5-2)25(33)34(21)20-8-6-7-19(15-20)28(29,30)31/h6-12,15,22H,4-5,13-14,33H2,1-3H3. The second-order valence-corrected chi connectivity index (χ2v) is 8.41. The number of anilines is 1. The number of nitriles is 1. The Hall–Kier alpha value is -4.30. The molecule has 8 nitrogen and oxygen atoms in total. The third-order valence-corrected chi connectivity index (χ3v) is 6.05. The highest BCUT2D eigenvalue weighted by Gasteiger charge is 2.43. The minimum atomic E-state index is -4.64. The molecule has 0 bridgehead atoms. The number of ether oxygens (including phenoxy) is 3. The van der Waals surface area contributed by atoms with Gasteiger partial charge in [0.05, 0.1) is 47.5 Å². The molecule has 11 heteroatoms. The van der Waals surface area contributed by atoms with E-state index in [1.54, 1.807) is 26.0 Å². The normalized spacial score (nSPS) is 15.7. The summed E-state index contributed by atoms with van der Waals surface area (Å²) in [6, 6.07) is 12.6. The van der Waals surface area contributed by atoms with Crippen molar-refractivity contribution < 1.29 is 37.0 Å². The molecule has 1 unspecified atom stereocenters. The van der Waals surface area contributed by atoms with Gasteiger partial charge < -0.3 is 19.9 Å². The van der Waals surface area contributed by atoms with E-state index in [9.17, 15) is 28.0 Å². The van der Waals surface area contributed by atoms with Crippen LogP contribution in [-0.2, 0) is 30.0 Å². The zero-order valence-corrected chi connectivity index (χ0v) is 21.7. The molecule has 2 aromatic rings. The maximum atomic E-state index is 13.6. The van der Waals surface area contributed by atoms with Crippen molar-refractivity contribution in [3.8, 4) is 6.07 Å². The van der Waals surface area contributed by atoms with Crippen LogP contribution >= 0.6 is 0 Å². The molecule has 2 aromatic carbocycles. The molecule has 0 saturated carbocycles. The molecule has 0 aromatic heterocycles. The van der Waals surface area contributed by atoms with Gasteiger partial charge in [0.1, 0.15) is 12.4 Å². The lowest BCUT2D eigenvalue weighted by Gasteiger charge is -2.38. The average molecular weight is 544 g/mol. The van der Waals surface area contributed by atoms with Gasteiger partial charge in [-0.3, -0.25) is 4.90 Å². The topological polar surface area (TPSA) is 115 Å². The molecule has 1 heterocycles. The summed E-state index contributed by atoms with van der Waals surface area (Å²) in [4.78, 5) is 28.2. The Labute approximate surface area is 224 Å². The van der Waals surface area contributed by atoms with E-state index in [0.717, 1.165) is 12.1 Å². The highest BCUT2D eigenvalue weighted by molar-refractivity contribution is 6.01. The van der Waals surface area contributed by atoms with Gasteiger partial charge in [0.15, 0.2) is 0 Å². The van der Waals surface area contributed by atoms with Crippen molar-refractivity contribution in [3.63, 3.8) is 0 Å². The molecule has 1 aliphatic heterocycles. The fraction of sp³-hybridized carbons (Fsp3) is 0.321. The van der Waals surface area contributed by atoms with Crippen LogP contribution in [0.5, 0.6) is 0 Å². The first-order valence-corrected chi connectivity index (χ1v) is 12.1. The lowest BCUT2D eigenvalue weighted by Crippen LogP contribution is -2.40. The number of halogens is 3. The molecule has 1 aliphatic rings. The molecular formula is C28H28F3N3O5. The molecule has 0 fully saturated rings. The number of nitrogens with zero attached hydrogens (tertiary/aromatic N) is 2. The molecule has 0 radical (unpaired) electrons. The van der Waals surface area contributed by atoms with Gasteiger partial charge in [-0.15, -0.1) is 0 Å². The quantitative estimate of drug-likeness (QED) is 0.355. The summed E-state index contributed by atoms with van der Waals surface area (Å²) in [5.41, 5.74) is 6.51. The summed E-state index contributed by atoms with van der Waals surface area (Å²) >= 11 is 0. The van der Waals surface area contributed by atoms with Gasteiger partial charge in [0, 0.05) is 18.5 Å². The smallest absolute Gasteiger partial charge is 0.416 e. The van der Waals surface area contributed by atoms with Crippen LogP contribution in [0.3, 0.4) is 0 Å². The number of nitrogens with two attached hydrogens (primary N) is 1. The number of hydrogen-bond donors (Lipinski definition) is 1. The molecule has 39 heavy (non-hydrogen) atoms. The monoisotopic (exact) mass is 543 g/mol. The number of esters is 2. The molecule has 0 amide bonds. The lowest BCUT2D eigenvalue weighted by molar-refractivity contribution is -0.141. The van der Waals surface area contributed by atoms with E-state index < -0.39 is 29.6 Å². The fourth-order valence-electron chi connectivity index (χ4n) is 4.36. The van der Waals surface area contributed by atoms with Crippen molar-refractivity contribution in [3.05, 3.63) is 87.9 Å². The zero-order chi connectivity index (χ0) is 28.7. The van der Waals surface area contributed by atoms with E-state index in [2.05, 4.69) is 0 Å². The van der Waals surface area contributed by atoms with Gasteiger partial charge in [0.25, 0.3) is 0 Å². The Morgan fingerprint density at radius 1 is 1.03 bits per heavy atom. The maximum Gasteiger partial charge on any atom is 0.416 e. The van der Waals surface area contributed by atoms with E-state index in [1.165, 1.54) is 36.3 Å². The van der Waals surface area contributed by atoms with Crippen LogP contribution in [0.1, 0.15) is 42.9 Å². The first kappa shape index (κ1) is 29.3. The second-order valence-electron chi connectivity index (χ2n) is 8.41. The van der Waals surface area contributed by atoms with E-state index in [0.29, 0.717) is 11.1 Å². The third kappa shape index (κ3) is 6.23. The van der Waals surface area contributed by atoms with Gasteiger partial charge in [0.2, 0.25) is 0 Å². The molecule has 206 valence electrons. The molecule has 2 N–H and O–H groups in total. The lowest BCUT2D eigenvalue weighted by atomic mass is 9.79. The summed E-state index contributed by atoms with van der Waals surface area (Å²) in [6.45, 7) is 3.27. The predicted molar refractivity (Wildman–Crippen MR) is 136 cm³/mol. The summed E-state index contributed by atoms with van der Waals surface area (Å²) in [6.07, 6.45) is -4.49. The highest BCUT2D eigenvalue weighted by atomic mass is 19.4. The van der Waals surface area contributed by atoms with Gasteiger partial charge >= 0.3 is 18.1 Å². The van der Waals surface area contributed by atoms with E-state index >= 15 is 0 Å². The number of hydrogen-bond acceptors (Lipinski definition) is 8. The van der Waals surface area contributed by atoms with Crippen LogP contribution in [0.15, 0.2) is 71.2 Å². The van der Waals surface area contributed by atoms with Gasteiger partial charge in [-0.1, -0.05) is 25.1 Å². The summed E-state index contributed by atoms with van der Waals surface area (Å²) < 4.78 is 56.4. The summed E-state index contributed by atoms with van der Waals surface area (Å²) in [5, 5.41) is 9.24. The van der Waals surface area contributed by atoms with Crippen molar-refractivity contribution in [1.82, 2.24) is 0 Å². The molecule has 0 saturated heterocycles. The number of alkyl halides is 3. The summed E-state index contributed by atoms with van der Waals surface area (Å²) in [7, 11) is 1.43. The molecule has 1 atom stereocenters. The number of methoxy groups -OCH3 is 1. The number of carbonyl (C=O) groups is 2. The van der Waals surface area contributed by atoms with Crippen molar-refractivity contribution in [1.29, 1.82) is 5.26 Å². The third-order valence-electron chi connectivity index (χ3n) is 6.05. The SMILES string of the molecule is CCOC(=O)C1=C(N)N(c2cccc(C(F)(F)F)c2)C(CC)=C(C(=O)OCCOC)C1c1ccc(C#N)cc1. The number of rotatable bonds is 9. The van der Waals surface area contributed by atoms with Crippen molar-refractivity contribution in [2.75, 3.05) is 31.8 Å². The first-order chi connectivity index (χ1) is 18.6. The van der Waals surface area contributed by atoms with Crippen LogP contribution in [0.4, 0.5) is 18.9 Å². The van der Waals surface area contributed by atoms with E-state index in [4.69, 9.17) is 19.9 Å². The van der Waals surface area contributed by atoms with Crippen molar-refractivity contribution in [2.45, 2.75) is 32.4 Å². The Kier molecular flexibility index (Phi) is 9.37. The number of carbonyl (C=O) groups excluding carboxylic acids is 2. The Bertz CT molecular complexity index is 1330. The van der Waals surface area contributed by atoms with E-state index in [1.807, 2.05) is 6.07 Å². The van der Waals surface area contributed by atoms with Crippen LogP contribution in [0.2, 0.25) is 0 Å². The maximum absolute atomic E-state index is 13.6. The Morgan fingerprint density at radius 2 is 1.69 bits per heavy atom. The van der Waals surface area contributed by atoms with Crippen LogP contribution in [-0.4, -0.2) is 38.9 Å². The second kappa shape index (κ2) is 12.5. The van der Waals surface area contributed by atoms with Gasteiger partial charge in [-0.25, -0.2) is 9.59 Å². The molecular weight excluding hydrogens is 515 g/mol. The highest BCUT2D eigenvalue weighted by Crippen LogP contribution is 2.45. The molecule has 0 aliphatic carbocycles. The molecule has 3 rings (SSSR count). The zero-order valence-electron chi connectivity index (χ0n) is 21.7. The number of benzene rings is 2. The molecule has 0 spiro atoms. The fourth-order valence-corrected chi connectivity index (χ4v) is 4.36. The number of allylic oxidation sites excluding steroid dienone is 1. The Morgan fingerprint density at radius 3 is 2.26 bits per heavy atom. The predicted octanol–water partition coefficient (Wildman–Crippen LogP) is 4.77. The van der Waals surface area contributed by atoms with Crippen LogP contribution in [0.25, 0.3) is 0 Å². The largest absolute Gasteiger partial charge is 0.463 e. The van der Waals surface area contributed by atoms with Gasteiger partial charge in [-0.05, 0) is 49.2 Å². The minimum Gasteiger partial charge on any atom is -0.463 e. The summed E-state index contributed by atoms with van der Waals surface area (Å²) in [5.74, 6) is -2.92.